The van der Waals surface area contributed by atoms with Gasteiger partial charge in [0.25, 0.3) is 0 Å². The van der Waals surface area contributed by atoms with E-state index < -0.39 is 0 Å². The van der Waals surface area contributed by atoms with Crippen molar-refractivity contribution >= 4 is 34.8 Å². The molecule has 29 heavy (non-hydrogen) atoms. The summed E-state index contributed by atoms with van der Waals surface area (Å²) in [6, 6.07) is 9.21. The maximum atomic E-state index is 6.49. The van der Waals surface area contributed by atoms with Crippen LogP contribution in [0.5, 0.6) is 11.5 Å². The maximum absolute atomic E-state index is 6.49. The van der Waals surface area contributed by atoms with Crippen molar-refractivity contribution < 1.29 is 9.47 Å². The summed E-state index contributed by atoms with van der Waals surface area (Å²) < 4.78 is 11.4. The van der Waals surface area contributed by atoms with Gasteiger partial charge in [0.05, 0.1) is 12.1 Å². The number of rotatable bonds is 9. The van der Waals surface area contributed by atoms with Crippen molar-refractivity contribution in [2.45, 2.75) is 45.3 Å². The van der Waals surface area contributed by atoms with Crippen molar-refractivity contribution in [3.8, 4) is 11.5 Å². The number of benzene rings is 2. The van der Waals surface area contributed by atoms with E-state index >= 15 is 0 Å². The molecular formula is C23H26Cl3NO2. The van der Waals surface area contributed by atoms with Gasteiger partial charge in [0, 0.05) is 22.2 Å². The van der Waals surface area contributed by atoms with Crippen LogP contribution in [0.15, 0.2) is 42.0 Å². The van der Waals surface area contributed by atoms with Gasteiger partial charge in [-0.25, -0.2) is 0 Å². The van der Waals surface area contributed by atoms with Crippen molar-refractivity contribution in [2.75, 3.05) is 13.7 Å². The Morgan fingerprint density at radius 2 is 1.83 bits per heavy atom. The Morgan fingerprint density at radius 1 is 1.03 bits per heavy atom. The van der Waals surface area contributed by atoms with E-state index in [0.717, 1.165) is 30.6 Å². The maximum Gasteiger partial charge on any atom is 0.180 e. The number of nitrogens with one attached hydrogen (secondary N) is 1. The van der Waals surface area contributed by atoms with Gasteiger partial charge in [0.1, 0.15) is 6.61 Å². The molecule has 0 bridgehead atoms. The molecule has 2 aromatic carbocycles. The van der Waals surface area contributed by atoms with Crippen molar-refractivity contribution in [2.24, 2.45) is 0 Å². The van der Waals surface area contributed by atoms with Crippen molar-refractivity contribution in [1.82, 2.24) is 5.32 Å². The number of halogens is 3. The van der Waals surface area contributed by atoms with E-state index in [1.807, 2.05) is 12.1 Å². The van der Waals surface area contributed by atoms with Crippen molar-refractivity contribution in [3.63, 3.8) is 0 Å². The van der Waals surface area contributed by atoms with E-state index in [1.54, 1.807) is 30.9 Å². The summed E-state index contributed by atoms with van der Waals surface area (Å²) in [7, 11) is 1.60. The Hall–Kier alpha value is -1.39. The van der Waals surface area contributed by atoms with Crippen LogP contribution in [0.2, 0.25) is 15.1 Å². The fourth-order valence-electron chi connectivity index (χ4n) is 3.44. The Balaban J connectivity index is 1.60. The van der Waals surface area contributed by atoms with Crippen molar-refractivity contribution in [1.29, 1.82) is 0 Å². The Kier molecular flexibility index (Phi) is 8.55. The lowest BCUT2D eigenvalue weighted by Gasteiger charge is -2.16. The summed E-state index contributed by atoms with van der Waals surface area (Å²) in [5.41, 5.74) is 3.34. The van der Waals surface area contributed by atoms with Gasteiger partial charge in [0.2, 0.25) is 0 Å². The molecule has 0 saturated heterocycles. The second-order valence-electron chi connectivity index (χ2n) is 7.13. The quantitative estimate of drug-likeness (QED) is 0.320. The SMILES string of the molecule is COc1cc(CNCCC2=CCCCC2)cc(Cl)c1OCc1c(Cl)cccc1Cl. The Labute approximate surface area is 187 Å². The molecule has 156 valence electrons. The molecule has 0 fully saturated rings. The highest BCUT2D eigenvalue weighted by Gasteiger charge is 2.14. The third kappa shape index (κ3) is 6.29. The van der Waals surface area contributed by atoms with E-state index in [9.17, 15) is 0 Å². The molecule has 0 spiro atoms. The van der Waals surface area contributed by atoms with Gasteiger partial charge < -0.3 is 14.8 Å². The molecule has 3 nitrogen and oxygen atoms in total. The second-order valence-corrected chi connectivity index (χ2v) is 8.35. The lowest BCUT2D eigenvalue weighted by Crippen LogP contribution is -2.16. The van der Waals surface area contributed by atoms with E-state index in [4.69, 9.17) is 44.3 Å². The number of hydrogen-bond acceptors (Lipinski definition) is 3. The molecule has 0 saturated carbocycles. The predicted molar refractivity (Wildman–Crippen MR) is 122 cm³/mol. The largest absolute Gasteiger partial charge is 0.493 e. The van der Waals surface area contributed by atoms with E-state index in [1.165, 1.54) is 25.7 Å². The molecule has 0 heterocycles. The zero-order valence-electron chi connectivity index (χ0n) is 16.6. The van der Waals surface area contributed by atoms with Gasteiger partial charge in [-0.2, -0.15) is 0 Å². The molecule has 0 atom stereocenters. The summed E-state index contributed by atoms with van der Waals surface area (Å²) >= 11 is 18.9. The molecular weight excluding hydrogens is 429 g/mol. The number of allylic oxidation sites excluding steroid dienone is 1. The topological polar surface area (TPSA) is 30.5 Å². The summed E-state index contributed by atoms with van der Waals surface area (Å²) in [4.78, 5) is 0. The minimum Gasteiger partial charge on any atom is -0.493 e. The zero-order chi connectivity index (χ0) is 20.6. The molecule has 0 radical (unpaired) electrons. The van der Waals surface area contributed by atoms with Crippen LogP contribution < -0.4 is 14.8 Å². The van der Waals surface area contributed by atoms with E-state index in [2.05, 4.69) is 11.4 Å². The molecule has 2 aromatic rings. The molecule has 0 aromatic heterocycles. The second kappa shape index (κ2) is 11.1. The van der Waals surface area contributed by atoms with Crippen LogP contribution in [-0.2, 0) is 13.2 Å². The first-order valence-electron chi connectivity index (χ1n) is 9.89. The average molecular weight is 455 g/mol. The fourth-order valence-corrected chi connectivity index (χ4v) is 4.24. The van der Waals surface area contributed by atoms with Crippen LogP contribution in [0.25, 0.3) is 0 Å². The lowest BCUT2D eigenvalue weighted by molar-refractivity contribution is 0.284. The third-order valence-corrected chi connectivity index (χ3v) is 6.04. The molecule has 1 aliphatic carbocycles. The predicted octanol–water partition coefficient (Wildman–Crippen LogP) is 7.21. The van der Waals surface area contributed by atoms with Crippen LogP contribution in [0, 0.1) is 0 Å². The normalized spacial score (nSPS) is 13.9. The minimum absolute atomic E-state index is 0.210. The van der Waals surface area contributed by atoms with Gasteiger partial charge in [-0.15, -0.1) is 0 Å². The Bertz CT molecular complexity index is 847. The molecule has 6 heteroatoms. The number of methoxy groups -OCH3 is 1. The number of ether oxygens (including phenoxy) is 2. The smallest absolute Gasteiger partial charge is 0.180 e. The minimum atomic E-state index is 0.210. The fraction of sp³-hybridized carbons (Fsp3) is 0.391. The average Bonchev–Trinajstić information content (AvgIpc) is 2.72. The van der Waals surface area contributed by atoms with Crippen LogP contribution >= 0.6 is 34.8 Å². The zero-order valence-corrected chi connectivity index (χ0v) is 18.8. The van der Waals surface area contributed by atoms with Gasteiger partial charge in [0.15, 0.2) is 11.5 Å². The van der Waals surface area contributed by atoms with Gasteiger partial charge in [-0.05, 0) is 68.5 Å². The highest BCUT2D eigenvalue weighted by atomic mass is 35.5. The monoisotopic (exact) mass is 453 g/mol. The first-order valence-corrected chi connectivity index (χ1v) is 11.0. The summed E-state index contributed by atoms with van der Waals surface area (Å²) in [5, 5.41) is 5.10. The van der Waals surface area contributed by atoms with E-state index in [-0.39, 0.29) is 6.61 Å². The molecule has 0 aliphatic heterocycles. The highest BCUT2D eigenvalue weighted by molar-refractivity contribution is 6.36. The summed E-state index contributed by atoms with van der Waals surface area (Å²) in [5.74, 6) is 1.08. The lowest BCUT2D eigenvalue weighted by atomic mass is 9.97. The first kappa shape index (κ1) is 22.3. The van der Waals surface area contributed by atoms with Crippen LogP contribution in [0.4, 0.5) is 0 Å². The highest BCUT2D eigenvalue weighted by Crippen LogP contribution is 2.38. The van der Waals surface area contributed by atoms with Gasteiger partial charge in [-0.3, -0.25) is 0 Å². The molecule has 0 unspecified atom stereocenters. The van der Waals surface area contributed by atoms with Crippen molar-refractivity contribution in [3.05, 3.63) is 68.2 Å². The van der Waals surface area contributed by atoms with Crippen LogP contribution in [0.1, 0.15) is 43.2 Å². The Morgan fingerprint density at radius 3 is 2.52 bits per heavy atom. The molecule has 0 amide bonds. The standard InChI is InChI=1S/C23H26Cl3NO2/c1-28-22-13-17(14-27-11-10-16-6-3-2-4-7-16)12-21(26)23(22)29-15-18-19(24)8-5-9-20(18)25/h5-6,8-9,12-13,27H,2-4,7,10-11,14-15H2,1H3. The number of hydrogen-bond donors (Lipinski definition) is 1. The first-order chi connectivity index (χ1) is 14.1. The van der Waals surface area contributed by atoms with E-state index in [0.29, 0.717) is 26.6 Å². The van der Waals surface area contributed by atoms with Crippen LogP contribution in [-0.4, -0.2) is 13.7 Å². The molecule has 3 rings (SSSR count). The molecule has 1 N–H and O–H groups in total. The van der Waals surface area contributed by atoms with Gasteiger partial charge >= 0.3 is 0 Å². The summed E-state index contributed by atoms with van der Waals surface area (Å²) in [6.07, 6.45) is 8.60. The summed E-state index contributed by atoms with van der Waals surface area (Å²) in [6.45, 7) is 1.89. The molecule has 1 aliphatic rings. The third-order valence-electron chi connectivity index (χ3n) is 5.05. The van der Waals surface area contributed by atoms with Gasteiger partial charge in [-0.1, -0.05) is 52.5 Å². The van der Waals surface area contributed by atoms with Crippen LogP contribution in [0.3, 0.4) is 0 Å².